The van der Waals surface area contributed by atoms with Gasteiger partial charge in [-0.25, -0.2) is 0 Å². The van der Waals surface area contributed by atoms with E-state index in [4.69, 9.17) is 5.11 Å². The zero-order valence-corrected chi connectivity index (χ0v) is 14.1. The van der Waals surface area contributed by atoms with Crippen molar-refractivity contribution >= 4 is 35.0 Å². The van der Waals surface area contributed by atoms with Crippen LogP contribution < -0.4 is 0 Å². The van der Waals surface area contributed by atoms with Gasteiger partial charge in [0.25, 0.3) is 0 Å². The molecule has 1 amide bonds. The van der Waals surface area contributed by atoms with Crippen LogP contribution >= 0.6 is 23.1 Å². The Balaban J connectivity index is 1.64. The average Bonchev–Trinajstić information content (AvgIpc) is 3.01. The molecule has 1 aromatic heterocycles. The van der Waals surface area contributed by atoms with Crippen LogP contribution in [0.15, 0.2) is 11.4 Å². The molecule has 3 heterocycles. The van der Waals surface area contributed by atoms with E-state index in [-0.39, 0.29) is 17.6 Å². The zero-order valence-electron chi connectivity index (χ0n) is 12.5. The van der Waals surface area contributed by atoms with Gasteiger partial charge in [-0.1, -0.05) is 0 Å². The Hall–Kier alpha value is -1.01. The maximum atomic E-state index is 12.9. The predicted octanol–water partition coefficient (Wildman–Crippen LogP) is 3.18. The number of nitrogens with zero attached hydrogens (tertiary/aromatic N) is 1. The lowest BCUT2D eigenvalue weighted by Gasteiger charge is -2.35. The molecule has 0 unspecified atom stereocenters. The minimum absolute atomic E-state index is 0.0479. The van der Waals surface area contributed by atoms with E-state index in [1.54, 1.807) is 23.1 Å². The highest BCUT2D eigenvalue weighted by molar-refractivity contribution is 8.00. The summed E-state index contributed by atoms with van der Waals surface area (Å²) in [6.45, 7) is 1.54. The molecular formula is C16H21NO3S2. The molecule has 2 aliphatic heterocycles. The van der Waals surface area contributed by atoms with Gasteiger partial charge >= 0.3 is 5.97 Å². The van der Waals surface area contributed by atoms with Crippen molar-refractivity contribution in [3.63, 3.8) is 0 Å². The van der Waals surface area contributed by atoms with E-state index in [2.05, 4.69) is 11.4 Å². The molecule has 1 saturated heterocycles. The lowest BCUT2D eigenvalue weighted by molar-refractivity contribution is -0.137. The van der Waals surface area contributed by atoms with Gasteiger partial charge in [-0.05, 0) is 54.4 Å². The van der Waals surface area contributed by atoms with Crippen LogP contribution in [0.3, 0.4) is 0 Å². The molecule has 120 valence electrons. The van der Waals surface area contributed by atoms with Gasteiger partial charge in [0.15, 0.2) is 0 Å². The summed E-state index contributed by atoms with van der Waals surface area (Å²) in [6, 6.07) is 2.10. The van der Waals surface area contributed by atoms with Crippen LogP contribution in [0.1, 0.15) is 41.4 Å². The van der Waals surface area contributed by atoms with Crippen molar-refractivity contribution in [3.8, 4) is 0 Å². The molecule has 0 aromatic carbocycles. The molecule has 0 aliphatic carbocycles. The normalized spacial score (nSPS) is 24.8. The van der Waals surface area contributed by atoms with E-state index in [1.165, 1.54) is 10.4 Å². The number of carboxylic acids is 1. The first-order chi connectivity index (χ1) is 10.6. The van der Waals surface area contributed by atoms with Crippen molar-refractivity contribution in [2.45, 2.75) is 37.4 Å². The highest BCUT2D eigenvalue weighted by atomic mass is 32.2. The number of thiophene rings is 1. The Bertz CT molecular complexity index is 557. The van der Waals surface area contributed by atoms with Gasteiger partial charge in [0.05, 0.1) is 0 Å². The van der Waals surface area contributed by atoms with E-state index in [9.17, 15) is 9.59 Å². The minimum Gasteiger partial charge on any atom is -0.481 e. The molecule has 3 rings (SSSR count). The molecule has 0 spiro atoms. The number of aryl methyl sites for hydroxylation is 1. The molecule has 0 bridgehead atoms. The van der Waals surface area contributed by atoms with Crippen LogP contribution in [0, 0.1) is 5.92 Å². The van der Waals surface area contributed by atoms with E-state index in [0.717, 1.165) is 38.1 Å². The number of thioether (sulfide) groups is 1. The molecule has 2 aliphatic rings. The van der Waals surface area contributed by atoms with Gasteiger partial charge in [-0.2, -0.15) is 0 Å². The number of carbonyl (C=O) groups excluding carboxylic acids is 1. The Morgan fingerprint density at radius 3 is 3.09 bits per heavy atom. The Morgan fingerprint density at radius 1 is 1.41 bits per heavy atom. The van der Waals surface area contributed by atoms with Crippen LogP contribution in [0.2, 0.25) is 0 Å². The quantitative estimate of drug-likeness (QED) is 0.915. The van der Waals surface area contributed by atoms with Crippen molar-refractivity contribution in [3.05, 3.63) is 21.9 Å². The second-order valence-electron chi connectivity index (χ2n) is 6.02. The summed E-state index contributed by atoms with van der Waals surface area (Å²) >= 11 is 3.51. The highest BCUT2D eigenvalue weighted by Crippen LogP contribution is 2.41. The van der Waals surface area contributed by atoms with Gasteiger partial charge in [-0.3, -0.25) is 9.59 Å². The summed E-state index contributed by atoms with van der Waals surface area (Å²) in [7, 11) is 0. The lowest BCUT2D eigenvalue weighted by atomic mass is 9.93. The molecule has 0 radical (unpaired) electrons. The number of hydrogen-bond acceptors (Lipinski definition) is 4. The summed E-state index contributed by atoms with van der Waals surface area (Å²) in [5.41, 5.74) is 1.21. The summed E-state index contributed by atoms with van der Waals surface area (Å²) in [6.07, 6.45) is 3.99. The third kappa shape index (κ3) is 3.49. The molecule has 1 fully saturated rings. The van der Waals surface area contributed by atoms with Crippen LogP contribution in [-0.2, 0) is 16.0 Å². The van der Waals surface area contributed by atoms with Gasteiger partial charge in [0.1, 0.15) is 5.25 Å². The smallest absolute Gasteiger partial charge is 0.303 e. The average molecular weight is 339 g/mol. The van der Waals surface area contributed by atoms with E-state index >= 15 is 0 Å². The first-order valence-corrected chi connectivity index (χ1v) is 9.76. The number of carbonyl (C=O) groups is 2. The van der Waals surface area contributed by atoms with Crippen molar-refractivity contribution in [1.82, 2.24) is 4.90 Å². The Kier molecular flexibility index (Phi) is 5.08. The number of carboxylic acid groups (broad SMARTS) is 1. The molecule has 1 aromatic rings. The topological polar surface area (TPSA) is 57.6 Å². The molecule has 22 heavy (non-hydrogen) atoms. The van der Waals surface area contributed by atoms with Crippen molar-refractivity contribution in [2.24, 2.45) is 5.92 Å². The largest absolute Gasteiger partial charge is 0.481 e. The summed E-state index contributed by atoms with van der Waals surface area (Å²) in [5.74, 6) is 0.836. The Labute approximate surface area is 138 Å². The third-order valence-corrected chi connectivity index (χ3v) is 6.72. The minimum atomic E-state index is -0.741. The van der Waals surface area contributed by atoms with Gasteiger partial charge < -0.3 is 10.0 Å². The van der Waals surface area contributed by atoms with Crippen molar-refractivity contribution in [1.29, 1.82) is 0 Å². The molecule has 4 nitrogen and oxygen atoms in total. The van der Waals surface area contributed by atoms with Gasteiger partial charge in [0, 0.05) is 24.4 Å². The number of amides is 1. The number of fused-ring (bicyclic) bond motifs is 1. The fourth-order valence-corrected chi connectivity index (χ4v) is 5.72. The van der Waals surface area contributed by atoms with Crippen molar-refractivity contribution < 1.29 is 14.7 Å². The molecular weight excluding hydrogens is 318 g/mol. The number of likely N-dealkylation sites (tertiary alicyclic amines) is 1. The summed E-state index contributed by atoms with van der Waals surface area (Å²) < 4.78 is 0. The second-order valence-corrected chi connectivity index (χ2v) is 8.24. The number of aliphatic carboxylic acids is 1. The number of hydrogen-bond donors (Lipinski definition) is 1. The van der Waals surface area contributed by atoms with Crippen LogP contribution in [0.25, 0.3) is 0 Å². The van der Waals surface area contributed by atoms with Crippen LogP contribution in [-0.4, -0.2) is 40.7 Å². The van der Waals surface area contributed by atoms with E-state index < -0.39 is 5.97 Å². The van der Waals surface area contributed by atoms with Crippen LogP contribution in [0.4, 0.5) is 0 Å². The molecule has 0 saturated carbocycles. The fourth-order valence-electron chi connectivity index (χ4n) is 3.35. The predicted molar refractivity (Wildman–Crippen MR) is 89.4 cm³/mol. The highest BCUT2D eigenvalue weighted by Gasteiger charge is 2.33. The number of rotatable bonds is 4. The maximum Gasteiger partial charge on any atom is 0.303 e. The zero-order chi connectivity index (χ0) is 15.5. The lowest BCUT2D eigenvalue weighted by Crippen LogP contribution is -2.42. The molecule has 6 heteroatoms. The van der Waals surface area contributed by atoms with Gasteiger partial charge in [0.2, 0.25) is 5.91 Å². The van der Waals surface area contributed by atoms with Crippen molar-refractivity contribution in [2.75, 3.05) is 18.8 Å². The Morgan fingerprint density at radius 2 is 2.27 bits per heavy atom. The molecule has 1 N–H and O–H groups in total. The van der Waals surface area contributed by atoms with E-state index in [0.29, 0.717) is 12.3 Å². The first kappa shape index (κ1) is 15.9. The first-order valence-electron chi connectivity index (χ1n) is 7.83. The van der Waals surface area contributed by atoms with E-state index in [1.807, 2.05) is 4.90 Å². The third-order valence-electron chi connectivity index (χ3n) is 4.50. The van der Waals surface area contributed by atoms with Gasteiger partial charge in [-0.15, -0.1) is 23.1 Å². The maximum absolute atomic E-state index is 12.9. The number of piperidine rings is 1. The molecule has 2 atom stereocenters. The summed E-state index contributed by atoms with van der Waals surface area (Å²) in [4.78, 5) is 27.0. The van der Waals surface area contributed by atoms with Crippen LogP contribution in [0.5, 0.6) is 0 Å². The second kappa shape index (κ2) is 7.04. The monoisotopic (exact) mass is 339 g/mol. The SMILES string of the molecule is O=C(O)CC[C@@H]1CCCN(C(=O)[C@@H]2SCCc3sccc32)C1. The fraction of sp³-hybridized carbons (Fsp3) is 0.625. The standard InChI is InChI=1S/C16H21NO3S2/c18-14(19)4-3-11-2-1-7-17(10-11)16(20)15-12-5-8-21-13(12)6-9-22-15/h5,8,11,15H,1-4,6-7,9-10H2,(H,18,19)/t11-,15+/m0/s1. The summed E-state index contributed by atoms with van der Waals surface area (Å²) in [5, 5.41) is 10.9.